The first-order valence-corrected chi connectivity index (χ1v) is 6.31. The highest BCUT2D eigenvalue weighted by Gasteiger charge is 2.08. The molecule has 2 aromatic rings. The van der Waals surface area contributed by atoms with Crippen molar-refractivity contribution in [1.82, 2.24) is 15.5 Å². The number of benzene rings is 1. The Labute approximate surface area is 117 Å². The van der Waals surface area contributed by atoms with E-state index in [2.05, 4.69) is 22.4 Å². The van der Waals surface area contributed by atoms with Gasteiger partial charge in [0.1, 0.15) is 11.8 Å². The Morgan fingerprint density at radius 3 is 2.75 bits per heavy atom. The van der Waals surface area contributed by atoms with E-state index in [1.807, 2.05) is 30.3 Å². The van der Waals surface area contributed by atoms with Crippen molar-refractivity contribution in [3.05, 3.63) is 41.5 Å². The van der Waals surface area contributed by atoms with Crippen molar-refractivity contribution >= 4 is 0 Å². The molecule has 0 amide bonds. The maximum Gasteiger partial charge on any atom is 0.223 e. The second-order valence-corrected chi connectivity index (χ2v) is 4.35. The van der Waals surface area contributed by atoms with Crippen LogP contribution in [-0.2, 0) is 6.54 Å². The highest BCUT2D eigenvalue weighted by molar-refractivity contribution is 5.29. The predicted molar refractivity (Wildman–Crippen MR) is 71.8 cm³/mol. The van der Waals surface area contributed by atoms with Crippen molar-refractivity contribution in [3.63, 3.8) is 0 Å². The Kier molecular flexibility index (Phi) is 4.69. The van der Waals surface area contributed by atoms with E-state index in [4.69, 9.17) is 14.5 Å². The summed E-state index contributed by atoms with van der Waals surface area (Å²) < 4.78 is 10.1. The molecule has 1 aromatic heterocycles. The molecule has 0 saturated carbocycles. The van der Waals surface area contributed by atoms with Crippen molar-refractivity contribution in [2.24, 2.45) is 0 Å². The Bertz CT molecular complexity index is 586. The number of nitrogens with zero attached hydrogens (tertiary/aromatic N) is 3. The number of hydrogen-bond acceptors (Lipinski definition) is 6. The fourth-order valence-corrected chi connectivity index (χ4v) is 1.74. The predicted octanol–water partition coefficient (Wildman–Crippen LogP) is 2.13. The van der Waals surface area contributed by atoms with Crippen molar-refractivity contribution in [2.45, 2.75) is 26.4 Å². The summed E-state index contributed by atoms with van der Waals surface area (Å²) in [6.07, 6.45) is 0. The summed E-state index contributed by atoms with van der Waals surface area (Å²) in [6, 6.07) is 9.72. The molecule has 0 radical (unpaired) electrons. The molecule has 0 fully saturated rings. The molecule has 0 bridgehead atoms. The minimum absolute atomic E-state index is 0.0599. The molecule has 20 heavy (non-hydrogen) atoms. The van der Waals surface area contributed by atoms with E-state index in [0.29, 0.717) is 24.0 Å². The van der Waals surface area contributed by atoms with Crippen LogP contribution >= 0.6 is 0 Å². The second-order valence-electron chi connectivity index (χ2n) is 4.35. The highest BCUT2D eigenvalue weighted by Crippen LogP contribution is 2.17. The van der Waals surface area contributed by atoms with Gasteiger partial charge >= 0.3 is 0 Å². The normalized spacial score (nSPS) is 11.8. The third kappa shape index (κ3) is 3.80. The van der Waals surface area contributed by atoms with Gasteiger partial charge in [0.15, 0.2) is 12.4 Å². The minimum atomic E-state index is 0.0599. The minimum Gasteiger partial charge on any atom is -0.479 e. The third-order valence-corrected chi connectivity index (χ3v) is 2.82. The summed E-state index contributed by atoms with van der Waals surface area (Å²) >= 11 is 0. The lowest BCUT2D eigenvalue weighted by atomic mass is 10.1. The maximum absolute atomic E-state index is 8.45. The van der Waals surface area contributed by atoms with Crippen LogP contribution in [0.15, 0.2) is 28.8 Å². The molecule has 1 aromatic carbocycles. The van der Waals surface area contributed by atoms with E-state index in [1.54, 1.807) is 6.92 Å². The molecule has 0 aliphatic rings. The van der Waals surface area contributed by atoms with Gasteiger partial charge in [0, 0.05) is 13.0 Å². The van der Waals surface area contributed by atoms with Gasteiger partial charge in [0.05, 0.1) is 6.54 Å². The quantitative estimate of drug-likeness (QED) is 0.867. The number of ether oxygens (including phenoxy) is 1. The van der Waals surface area contributed by atoms with E-state index >= 15 is 0 Å². The number of aryl methyl sites for hydroxylation is 1. The summed E-state index contributed by atoms with van der Waals surface area (Å²) in [5.74, 6) is 1.90. The van der Waals surface area contributed by atoms with Crippen LogP contribution in [0.5, 0.6) is 5.75 Å². The Hall–Kier alpha value is -2.39. The van der Waals surface area contributed by atoms with Gasteiger partial charge in [-0.05, 0) is 24.6 Å². The average molecular weight is 272 g/mol. The Morgan fingerprint density at radius 2 is 2.15 bits per heavy atom. The molecule has 2 rings (SSSR count). The Balaban J connectivity index is 1.88. The maximum atomic E-state index is 8.45. The van der Waals surface area contributed by atoms with Crippen LogP contribution in [0.3, 0.4) is 0 Å². The fraction of sp³-hybridized carbons (Fsp3) is 0.357. The largest absolute Gasteiger partial charge is 0.479 e. The van der Waals surface area contributed by atoms with Crippen LogP contribution in [0.4, 0.5) is 0 Å². The molecule has 104 valence electrons. The third-order valence-electron chi connectivity index (χ3n) is 2.82. The van der Waals surface area contributed by atoms with E-state index in [1.165, 1.54) is 0 Å². The van der Waals surface area contributed by atoms with Crippen LogP contribution in [0.2, 0.25) is 0 Å². The molecule has 1 heterocycles. The summed E-state index contributed by atoms with van der Waals surface area (Å²) in [7, 11) is 0. The van der Waals surface area contributed by atoms with Gasteiger partial charge in [0.2, 0.25) is 5.89 Å². The molecule has 0 aliphatic carbocycles. The van der Waals surface area contributed by atoms with Gasteiger partial charge in [-0.2, -0.15) is 10.2 Å². The number of nitriles is 1. The standard InChI is InChI=1S/C14H16N4O2/c1-10(16-9-14-17-11(2)20-18-14)12-3-5-13(6-4-12)19-8-7-15/h3-6,10,16H,8-9H2,1-2H3. The molecular formula is C14H16N4O2. The van der Waals surface area contributed by atoms with Gasteiger partial charge in [-0.15, -0.1) is 0 Å². The zero-order valence-electron chi connectivity index (χ0n) is 11.5. The number of hydrogen-bond donors (Lipinski definition) is 1. The lowest BCUT2D eigenvalue weighted by Crippen LogP contribution is -2.18. The van der Waals surface area contributed by atoms with Gasteiger partial charge in [-0.3, -0.25) is 0 Å². The second kappa shape index (κ2) is 6.68. The SMILES string of the molecule is Cc1nc(CNC(C)c2ccc(OCC#N)cc2)no1. The number of rotatable bonds is 6. The smallest absolute Gasteiger partial charge is 0.223 e. The van der Waals surface area contributed by atoms with Crippen LogP contribution < -0.4 is 10.1 Å². The molecule has 1 atom stereocenters. The van der Waals surface area contributed by atoms with Crippen molar-refractivity contribution in [2.75, 3.05) is 6.61 Å². The van der Waals surface area contributed by atoms with Crippen LogP contribution in [0.1, 0.15) is 30.2 Å². The zero-order chi connectivity index (χ0) is 14.4. The fourth-order valence-electron chi connectivity index (χ4n) is 1.74. The van der Waals surface area contributed by atoms with Gasteiger partial charge in [-0.1, -0.05) is 17.3 Å². The number of aromatic nitrogens is 2. The van der Waals surface area contributed by atoms with E-state index < -0.39 is 0 Å². The Morgan fingerprint density at radius 1 is 1.40 bits per heavy atom. The van der Waals surface area contributed by atoms with Crippen molar-refractivity contribution in [3.8, 4) is 11.8 Å². The first-order valence-electron chi connectivity index (χ1n) is 6.31. The lowest BCUT2D eigenvalue weighted by Gasteiger charge is -2.13. The van der Waals surface area contributed by atoms with Crippen molar-refractivity contribution in [1.29, 1.82) is 5.26 Å². The highest BCUT2D eigenvalue weighted by atomic mass is 16.5. The first kappa shape index (κ1) is 14.0. The molecule has 0 aliphatic heterocycles. The number of nitrogens with one attached hydrogen (secondary N) is 1. The molecule has 0 spiro atoms. The van der Waals surface area contributed by atoms with E-state index in [9.17, 15) is 0 Å². The monoisotopic (exact) mass is 272 g/mol. The lowest BCUT2D eigenvalue weighted by molar-refractivity contribution is 0.368. The molecule has 1 N–H and O–H groups in total. The van der Waals surface area contributed by atoms with E-state index in [-0.39, 0.29) is 12.6 Å². The molecular weight excluding hydrogens is 256 g/mol. The topological polar surface area (TPSA) is 84.0 Å². The van der Waals surface area contributed by atoms with Crippen LogP contribution in [-0.4, -0.2) is 16.7 Å². The summed E-state index contributed by atoms with van der Waals surface area (Å²) in [5.41, 5.74) is 1.12. The van der Waals surface area contributed by atoms with Gasteiger partial charge in [0.25, 0.3) is 0 Å². The van der Waals surface area contributed by atoms with Crippen LogP contribution in [0, 0.1) is 18.3 Å². The van der Waals surface area contributed by atoms with Crippen molar-refractivity contribution < 1.29 is 9.26 Å². The van der Waals surface area contributed by atoms with Gasteiger partial charge < -0.3 is 14.6 Å². The summed E-state index contributed by atoms with van der Waals surface area (Å²) in [4.78, 5) is 4.13. The summed E-state index contributed by atoms with van der Waals surface area (Å²) in [6.45, 7) is 4.42. The molecule has 6 heteroatoms. The summed E-state index contributed by atoms with van der Waals surface area (Å²) in [5, 5.41) is 15.6. The first-order chi connectivity index (χ1) is 9.69. The molecule has 6 nitrogen and oxygen atoms in total. The zero-order valence-corrected chi connectivity index (χ0v) is 11.5. The van der Waals surface area contributed by atoms with E-state index in [0.717, 1.165) is 5.56 Å². The molecule has 0 saturated heterocycles. The molecule has 1 unspecified atom stereocenters. The van der Waals surface area contributed by atoms with Gasteiger partial charge in [-0.25, -0.2) is 0 Å². The average Bonchev–Trinajstić information content (AvgIpc) is 2.89. The van der Waals surface area contributed by atoms with Crippen LogP contribution in [0.25, 0.3) is 0 Å².